The predicted octanol–water partition coefficient (Wildman–Crippen LogP) is 3.51. The van der Waals surface area contributed by atoms with Crippen molar-refractivity contribution in [2.24, 2.45) is 0 Å². The van der Waals surface area contributed by atoms with Gasteiger partial charge in [0.15, 0.2) is 11.5 Å². The average molecular weight is 443 g/mol. The molecule has 7 nitrogen and oxygen atoms in total. The van der Waals surface area contributed by atoms with E-state index in [1.54, 1.807) is 26.4 Å². The first-order chi connectivity index (χ1) is 15.5. The first-order valence-electron chi connectivity index (χ1n) is 11.1. The topological polar surface area (TPSA) is 69.3 Å². The second-order valence-corrected chi connectivity index (χ2v) is 8.11. The van der Waals surface area contributed by atoms with Crippen LogP contribution >= 0.6 is 0 Å². The number of morpholine rings is 1. The first-order valence-corrected chi connectivity index (χ1v) is 11.1. The van der Waals surface area contributed by atoms with E-state index < -0.39 is 0 Å². The van der Waals surface area contributed by atoms with Gasteiger partial charge >= 0.3 is 0 Å². The molecule has 0 saturated carbocycles. The maximum Gasteiger partial charge on any atom is 0.251 e. The second kappa shape index (κ2) is 11.7. The van der Waals surface area contributed by atoms with Crippen LogP contribution in [-0.4, -0.2) is 63.4 Å². The van der Waals surface area contributed by atoms with Gasteiger partial charge in [-0.15, -0.1) is 0 Å². The highest BCUT2D eigenvalue weighted by atomic mass is 16.5. The molecule has 1 heterocycles. The summed E-state index contributed by atoms with van der Waals surface area (Å²) in [5, 5.41) is 2.99. The number of amides is 1. The van der Waals surface area contributed by atoms with Crippen molar-refractivity contribution >= 4 is 5.91 Å². The van der Waals surface area contributed by atoms with Gasteiger partial charge in [-0.25, -0.2) is 0 Å². The summed E-state index contributed by atoms with van der Waals surface area (Å²) in [4.78, 5) is 15.1. The lowest BCUT2D eigenvalue weighted by Crippen LogP contribution is -2.46. The van der Waals surface area contributed by atoms with E-state index in [4.69, 9.17) is 18.9 Å². The number of hydrogen-bond donors (Lipinski definition) is 1. The van der Waals surface area contributed by atoms with Crippen LogP contribution in [0.1, 0.15) is 36.2 Å². The summed E-state index contributed by atoms with van der Waals surface area (Å²) in [6.07, 6.45) is 1.37. The number of benzene rings is 2. The molecule has 0 aromatic heterocycles. The maximum absolute atomic E-state index is 12.7. The summed E-state index contributed by atoms with van der Waals surface area (Å²) in [5.74, 6) is 1.23. The Bertz CT molecular complexity index is 839. The fraction of sp³-hybridized carbons (Fsp3) is 0.480. The largest absolute Gasteiger partial charge is 0.493 e. The molecule has 0 radical (unpaired) electrons. The highest BCUT2D eigenvalue weighted by Gasteiger charge is 2.22. The number of hydrogen-bond acceptors (Lipinski definition) is 6. The van der Waals surface area contributed by atoms with Gasteiger partial charge in [-0.3, -0.25) is 9.69 Å². The molecule has 0 spiro atoms. The summed E-state index contributed by atoms with van der Waals surface area (Å²) >= 11 is 0. The van der Waals surface area contributed by atoms with Gasteiger partial charge in [0.25, 0.3) is 5.91 Å². The van der Waals surface area contributed by atoms with E-state index in [0.29, 0.717) is 36.0 Å². The minimum absolute atomic E-state index is 0.167. The molecule has 3 rings (SSSR count). The molecule has 0 unspecified atom stereocenters. The molecule has 1 aliphatic heterocycles. The quantitative estimate of drug-likeness (QED) is 0.568. The van der Waals surface area contributed by atoms with Crippen LogP contribution in [0.4, 0.5) is 0 Å². The molecule has 174 valence electrons. The first kappa shape index (κ1) is 23.9. The molecule has 1 saturated heterocycles. The summed E-state index contributed by atoms with van der Waals surface area (Å²) in [6.45, 7) is 7.94. The van der Waals surface area contributed by atoms with Gasteiger partial charge in [-0.05, 0) is 38.0 Å². The number of carbonyl (C=O) groups is 1. The van der Waals surface area contributed by atoms with Crippen molar-refractivity contribution in [2.45, 2.75) is 39.1 Å². The van der Waals surface area contributed by atoms with Crippen molar-refractivity contribution in [3.63, 3.8) is 0 Å². The van der Waals surface area contributed by atoms with Crippen LogP contribution < -0.4 is 19.5 Å². The van der Waals surface area contributed by atoms with Crippen LogP contribution in [0.2, 0.25) is 0 Å². The van der Waals surface area contributed by atoms with Gasteiger partial charge in [0.2, 0.25) is 5.75 Å². The molecule has 32 heavy (non-hydrogen) atoms. The smallest absolute Gasteiger partial charge is 0.251 e. The standard InChI is InChI=1S/C25H34N2O5/c1-18-15-27(16-19(2)32-18)12-8-11-26-25(28)21-13-22(29-3)24(23(14-21)30-4)31-17-20-9-6-5-7-10-20/h5-7,9-10,13-14,18-19H,8,11-12,15-17H2,1-4H3,(H,26,28)/t18-,19-/m0/s1. The fourth-order valence-corrected chi connectivity index (χ4v) is 3.96. The Morgan fingerprint density at radius 3 is 2.28 bits per heavy atom. The third kappa shape index (κ3) is 6.61. The van der Waals surface area contributed by atoms with E-state index in [9.17, 15) is 4.79 Å². The number of carbonyl (C=O) groups excluding carboxylic acids is 1. The third-order valence-corrected chi connectivity index (χ3v) is 5.38. The predicted molar refractivity (Wildman–Crippen MR) is 124 cm³/mol. The SMILES string of the molecule is COc1cc(C(=O)NCCCN2C[C@H](C)O[C@@H](C)C2)cc(OC)c1OCc1ccccc1. The Kier molecular flexibility index (Phi) is 8.76. The molecular weight excluding hydrogens is 408 g/mol. The molecule has 1 fully saturated rings. The van der Waals surface area contributed by atoms with Crippen LogP contribution in [0.5, 0.6) is 17.2 Å². The van der Waals surface area contributed by atoms with E-state index in [1.807, 2.05) is 30.3 Å². The van der Waals surface area contributed by atoms with E-state index in [1.165, 1.54) is 0 Å². The lowest BCUT2D eigenvalue weighted by atomic mass is 10.1. The van der Waals surface area contributed by atoms with Crippen molar-refractivity contribution in [1.82, 2.24) is 10.2 Å². The Labute approximate surface area is 190 Å². The Morgan fingerprint density at radius 1 is 1.06 bits per heavy atom. The highest BCUT2D eigenvalue weighted by molar-refractivity contribution is 5.95. The number of rotatable bonds is 10. The van der Waals surface area contributed by atoms with Crippen LogP contribution in [0.25, 0.3) is 0 Å². The Hall–Kier alpha value is -2.77. The number of nitrogens with zero attached hydrogens (tertiary/aromatic N) is 1. The molecule has 0 bridgehead atoms. The van der Waals surface area contributed by atoms with E-state index >= 15 is 0 Å². The molecule has 2 aromatic carbocycles. The van der Waals surface area contributed by atoms with Crippen LogP contribution in [0.3, 0.4) is 0 Å². The lowest BCUT2D eigenvalue weighted by molar-refractivity contribution is -0.0679. The van der Waals surface area contributed by atoms with Crippen LogP contribution in [-0.2, 0) is 11.3 Å². The molecule has 1 N–H and O–H groups in total. The molecule has 2 aromatic rings. The van der Waals surface area contributed by atoms with Gasteiger partial charge < -0.3 is 24.3 Å². The monoisotopic (exact) mass is 442 g/mol. The van der Waals surface area contributed by atoms with Gasteiger partial charge in [0, 0.05) is 31.7 Å². The zero-order valence-corrected chi connectivity index (χ0v) is 19.4. The Balaban J connectivity index is 1.57. The summed E-state index contributed by atoms with van der Waals surface area (Å²) < 4.78 is 22.7. The molecule has 0 aliphatic carbocycles. The van der Waals surface area contributed by atoms with Crippen LogP contribution in [0, 0.1) is 0 Å². The maximum atomic E-state index is 12.7. The van der Waals surface area contributed by atoms with Gasteiger partial charge in [-0.1, -0.05) is 30.3 Å². The molecule has 2 atom stereocenters. The molecule has 1 amide bonds. The zero-order valence-electron chi connectivity index (χ0n) is 19.4. The molecule has 7 heteroatoms. The van der Waals surface area contributed by atoms with Crippen molar-refractivity contribution in [3.8, 4) is 17.2 Å². The van der Waals surface area contributed by atoms with Gasteiger partial charge in [-0.2, -0.15) is 0 Å². The molecule has 1 aliphatic rings. The summed E-state index contributed by atoms with van der Waals surface area (Å²) in [7, 11) is 3.10. The number of methoxy groups -OCH3 is 2. The average Bonchev–Trinajstić information content (AvgIpc) is 2.79. The summed E-state index contributed by atoms with van der Waals surface area (Å²) in [5.41, 5.74) is 1.50. The third-order valence-electron chi connectivity index (χ3n) is 5.38. The highest BCUT2D eigenvalue weighted by Crippen LogP contribution is 2.39. The summed E-state index contributed by atoms with van der Waals surface area (Å²) in [6, 6.07) is 13.2. The molecular formula is C25H34N2O5. The van der Waals surface area contributed by atoms with E-state index in [0.717, 1.165) is 31.6 Å². The minimum Gasteiger partial charge on any atom is -0.493 e. The normalized spacial score (nSPS) is 18.8. The van der Waals surface area contributed by atoms with Crippen molar-refractivity contribution in [3.05, 3.63) is 53.6 Å². The van der Waals surface area contributed by atoms with Crippen molar-refractivity contribution in [2.75, 3.05) is 40.4 Å². The van der Waals surface area contributed by atoms with Crippen LogP contribution in [0.15, 0.2) is 42.5 Å². The zero-order chi connectivity index (χ0) is 22.9. The second-order valence-electron chi connectivity index (χ2n) is 8.11. The number of nitrogens with one attached hydrogen (secondary N) is 1. The van der Waals surface area contributed by atoms with Gasteiger partial charge in [0.1, 0.15) is 6.61 Å². The van der Waals surface area contributed by atoms with Crippen molar-refractivity contribution in [1.29, 1.82) is 0 Å². The van der Waals surface area contributed by atoms with E-state index in [-0.39, 0.29) is 18.1 Å². The van der Waals surface area contributed by atoms with Crippen molar-refractivity contribution < 1.29 is 23.7 Å². The minimum atomic E-state index is -0.167. The van der Waals surface area contributed by atoms with E-state index in [2.05, 4.69) is 24.1 Å². The number of ether oxygens (including phenoxy) is 4. The lowest BCUT2D eigenvalue weighted by Gasteiger charge is -2.35. The van der Waals surface area contributed by atoms with Gasteiger partial charge in [0.05, 0.1) is 26.4 Å². The fourth-order valence-electron chi connectivity index (χ4n) is 3.96. The Morgan fingerprint density at radius 2 is 1.69 bits per heavy atom.